The Morgan fingerprint density at radius 3 is 2.31 bits per heavy atom. The molecule has 88 valence electrons. The molecule has 1 fully saturated rings. The molecular weight excluding hydrogens is 224 g/mol. The van der Waals surface area contributed by atoms with Gasteiger partial charge in [0.2, 0.25) is 0 Å². The molecule has 1 aromatic carbocycles. The van der Waals surface area contributed by atoms with E-state index in [9.17, 15) is 8.42 Å². The molecule has 5 heteroatoms. The van der Waals surface area contributed by atoms with Crippen LogP contribution in [-0.4, -0.2) is 26.8 Å². The predicted octanol–water partition coefficient (Wildman–Crippen LogP) is 0.993. The Kier molecular flexibility index (Phi) is 2.67. The molecule has 1 aliphatic carbocycles. The minimum Gasteiger partial charge on any atom is -0.383 e. The molecule has 0 aromatic heterocycles. The van der Waals surface area contributed by atoms with E-state index in [4.69, 9.17) is 5.73 Å². The Morgan fingerprint density at radius 2 is 1.88 bits per heavy atom. The summed E-state index contributed by atoms with van der Waals surface area (Å²) in [6.45, 7) is 0.741. The van der Waals surface area contributed by atoms with Crippen LogP contribution in [0.25, 0.3) is 0 Å². The number of hydrogen-bond donors (Lipinski definition) is 2. The lowest BCUT2D eigenvalue weighted by atomic mass is 10.2. The molecule has 4 nitrogen and oxygen atoms in total. The van der Waals surface area contributed by atoms with E-state index in [-0.39, 0.29) is 5.54 Å². The number of benzene rings is 1. The smallest absolute Gasteiger partial charge is 0.175 e. The molecule has 0 amide bonds. The molecule has 0 unspecified atom stereocenters. The van der Waals surface area contributed by atoms with Gasteiger partial charge in [-0.2, -0.15) is 0 Å². The molecule has 1 aromatic rings. The van der Waals surface area contributed by atoms with Gasteiger partial charge in [0, 0.05) is 24.0 Å². The Bertz CT molecular complexity index is 475. The molecule has 0 radical (unpaired) electrons. The minimum absolute atomic E-state index is 0.0461. The van der Waals surface area contributed by atoms with Crippen LogP contribution in [-0.2, 0) is 9.84 Å². The standard InChI is InChI=1S/C11H16N2O2S/c1-16(14,15)10-4-2-9(3-5-10)13-8-11(12)6-7-11/h2-5,13H,6-8,12H2,1H3. The van der Waals surface area contributed by atoms with Crippen molar-refractivity contribution in [3.8, 4) is 0 Å². The quantitative estimate of drug-likeness (QED) is 0.823. The second kappa shape index (κ2) is 3.75. The maximum Gasteiger partial charge on any atom is 0.175 e. The number of nitrogens with one attached hydrogen (secondary N) is 1. The predicted molar refractivity (Wildman–Crippen MR) is 64.2 cm³/mol. The highest BCUT2D eigenvalue weighted by molar-refractivity contribution is 7.90. The largest absolute Gasteiger partial charge is 0.383 e. The van der Waals surface area contributed by atoms with Crippen LogP contribution in [0.2, 0.25) is 0 Å². The summed E-state index contributed by atoms with van der Waals surface area (Å²) in [5.41, 5.74) is 6.80. The van der Waals surface area contributed by atoms with Crippen molar-refractivity contribution in [3.05, 3.63) is 24.3 Å². The van der Waals surface area contributed by atoms with Crippen LogP contribution in [0.4, 0.5) is 5.69 Å². The lowest BCUT2D eigenvalue weighted by Gasteiger charge is -2.11. The summed E-state index contributed by atoms with van der Waals surface area (Å²) in [6.07, 6.45) is 3.32. The highest BCUT2D eigenvalue weighted by Gasteiger charge is 2.37. The molecule has 0 spiro atoms. The van der Waals surface area contributed by atoms with Gasteiger partial charge in [-0.3, -0.25) is 0 Å². The highest BCUT2D eigenvalue weighted by Crippen LogP contribution is 2.32. The lowest BCUT2D eigenvalue weighted by Crippen LogP contribution is -2.31. The van der Waals surface area contributed by atoms with Gasteiger partial charge in [-0.1, -0.05) is 0 Å². The SMILES string of the molecule is CS(=O)(=O)c1ccc(NCC2(N)CC2)cc1. The van der Waals surface area contributed by atoms with E-state index in [1.54, 1.807) is 24.3 Å². The zero-order chi connectivity index (χ0) is 11.8. The Hall–Kier alpha value is -1.07. The molecule has 2 rings (SSSR count). The third kappa shape index (κ3) is 2.74. The average molecular weight is 240 g/mol. The van der Waals surface area contributed by atoms with Crippen LogP contribution in [0.15, 0.2) is 29.2 Å². The number of nitrogens with two attached hydrogens (primary N) is 1. The summed E-state index contributed by atoms with van der Waals surface area (Å²) in [6, 6.07) is 6.74. The monoisotopic (exact) mass is 240 g/mol. The fourth-order valence-electron chi connectivity index (χ4n) is 1.44. The van der Waals surface area contributed by atoms with Gasteiger partial charge < -0.3 is 11.1 Å². The summed E-state index contributed by atoms with van der Waals surface area (Å²) >= 11 is 0. The zero-order valence-corrected chi connectivity index (χ0v) is 10.0. The molecule has 1 aliphatic rings. The molecule has 0 aliphatic heterocycles. The van der Waals surface area contributed by atoms with Crippen molar-refractivity contribution in [2.75, 3.05) is 18.1 Å². The summed E-state index contributed by atoms with van der Waals surface area (Å²) in [5.74, 6) is 0. The number of anilines is 1. The van der Waals surface area contributed by atoms with E-state index < -0.39 is 9.84 Å². The number of hydrogen-bond acceptors (Lipinski definition) is 4. The van der Waals surface area contributed by atoms with Crippen molar-refractivity contribution in [1.82, 2.24) is 0 Å². The van der Waals surface area contributed by atoms with Crippen LogP contribution in [0.1, 0.15) is 12.8 Å². The van der Waals surface area contributed by atoms with E-state index in [0.29, 0.717) is 4.90 Å². The molecule has 0 bridgehead atoms. The molecule has 1 saturated carbocycles. The first-order valence-electron chi connectivity index (χ1n) is 5.22. The minimum atomic E-state index is -3.10. The Labute approximate surface area is 95.8 Å². The van der Waals surface area contributed by atoms with Gasteiger partial charge in [-0.25, -0.2) is 8.42 Å². The van der Waals surface area contributed by atoms with Crippen molar-refractivity contribution in [2.24, 2.45) is 5.73 Å². The fraction of sp³-hybridized carbons (Fsp3) is 0.455. The fourth-order valence-corrected chi connectivity index (χ4v) is 2.07. The Balaban J connectivity index is 2.02. The van der Waals surface area contributed by atoms with Crippen LogP contribution in [0.3, 0.4) is 0 Å². The van der Waals surface area contributed by atoms with Gasteiger partial charge in [0.25, 0.3) is 0 Å². The second-order valence-corrected chi connectivity index (χ2v) is 6.53. The molecule has 0 atom stereocenters. The first kappa shape index (κ1) is 11.4. The maximum atomic E-state index is 11.2. The maximum absolute atomic E-state index is 11.2. The highest BCUT2D eigenvalue weighted by atomic mass is 32.2. The van der Waals surface area contributed by atoms with E-state index in [1.807, 2.05) is 0 Å². The van der Waals surface area contributed by atoms with Crippen LogP contribution >= 0.6 is 0 Å². The van der Waals surface area contributed by atoms with Crippen molar-refractivity contribution in [2.45, 2.75) is 23.3 Å². The van der Waals surface area contributed by atoms with E-state index in [0.717, 1.165) is 25.1 Å². The summed E-state index contributed by atoms with van der Waals surface area (Å²) in [7, 11) is -3.10. The first-order chi connectivity index (χ1) is 7.39. The number of sulfone groups is 1. The third-order valence-corrected chi connectivity index (χ3v) is 3.95. The van der Waals surface area contributed by atoms with E-state index in [1.165, 1.54) is 6.26 Å². The van der Waals surface area contributed by atoms with Gasteiger partial charge in [-0.15, -0.1) is 0 Å². The lowest BCUT2D eigenvalue weighted by molar-refractivity contribution is 0.602. The van der Waals surface area contributed by atoms with Gasteiger partial charge in [0.15, 0.2) is 9.84 Å². The van der Waals surface area contributed by atoms with Crippen LogP contribution in [0, 0.1) is 0 Å². The van der Waals surface area contributed by atoms with Crippen molar-refractivity contribution >= 4 is 15.5 Å². The summed E-state index contributed by atoms with van der Waals surface area (Å²) < 4.78 is 22.5. The summed E-state index contributed by atoms with van der Waals surface area (Å²) in [5, 5.41) is 3.21. The van der Waals surface area contributed by atoms with Crippen LogP contribution in [0.5, 0.6) is 0 Å². The van der Waals surface area contributed by atoms with Crippen molar-refractivity contribution < 1.29 is 8.42 Å². The van der Waals surface area contributed by atoms with E-state index in [2.05, 4.69) is 5.32 Å². The average Bonchev–Trinajstić information content (AvgIpc) is 2.94. The van der Waals surface area contributed by atoms with Crippen molar-refractivity contribution in [3.63, 3.8) is 0 Å². The second-order valence-electron chi connectivity index (χ2n) is 4.51. The molecule has 0 saturated heterocycles. The normalized spacial score (nSPS) is 18.1. The third-order valence-electron chi connectivity index (χ3n) is 2.82. The summed E-state index contributed by atoms with van der Waals surface area (Å²) in [4.78, 5) is 0.340. The van der Waals surface area contributed by atoms with Crippen molar-refractivity contribution in [1.29, 1.82) is 0 Å². The molecular formula is C11H16N2O2S. The first-order valence-corrected chi connectivity index (χ1v) is 7.11. The van der Waals surface area contributed by atoms with Gasteiger partial charge in [0.1, 0.15) is 0 Å². The number of rotatable bonds is 4. The molecule has 0 heterocycles. The topological polar surface area (TPSA) is 72.2 Å². The van der Waals surface area contributed by atoms with Gasteiger partial charge in [0.05, 0.1) is 4.90 Å². The molecule has 3 N–H and O–H groups in total. The van der Waals surface area contributed by atoms with Crippen LogP contribution < -0.4 is 11.1 Å². The zero-order valence-electron chi connectivity index (χ0n) is 9.23. The molecule has 16 heavy (non-hydrogen) atoms. The Morgan fingerprint density at radius 1 is 1.31 bits per heavy atom. The van der Waals surface area contributed by atoms with Gasteiger partial charge in [-0.05, 0) is 37.1 Å². The van der Waals surface area contributed by atoms with Gasteiger partial charge >= 0.3 is 0 Å². The van der Waals surface area contributed by atoms with E-state index >= 15 is 0 Å².